The van der Waals surface area contributed by atoms with Crippen LogP contribution in [-0.4, -0.2) is 42.3 Å². The fourth-order valence-corrected chi connectivity index (χ4v) is 2.64. The van der Waals surface area contributed by atoms with Gasteiger partial charge in [-0.05, 0) is 36.8 Å². The van der Waals surface area contributed by atoms with Gasteiger partial charge in [-0.3, -0.25) is 14.4 Å². The molecule has 1 atom stereocenters. The van der Waals surface area contributed by atoms with E-state index in [1.165, 1.54) is 14.0 Å². The van der Waals surface area contributed by atoms with Crippen molar-refractivity contribution in [2.45, 2.75) is 19.4 Å². The topological polar surface area (TPSA) is 83.7 Å². The van der Waals surface area contributed by atoms with Gasteiger partial charge in [-0.1, -0.05) is 18.2 Å². The van der Waals surface area contributed by atoms with Gasteiger partial charge in [0.1, 0.15) is 17.7 Å². The van der Waals surface area contributed by atoms with Crippen molar-refractivity contribution in [3.05, 3.63) is 65.7 Å². The minimum absolute atomic E-state index is 0.145. The molecule has 3 amide bonds. The summed E-state index contributed by atoms with van der Waals surface area (Å²) >= 11 is 0. The van der Waals surface area contributed by atoms with Crippen molar-refractivity contribution in [1.29, 1.82) is 0 Å². The molecule has 0 radical (unpaired) electrons. The molecule has 2 rings (SSSR count). The first kappa shape index (κ1) is 21.2. The van der Waals surface area contributed by atoms with Crippen molar-refractivity contribution in [3.63, 3.8) is 0 Å². The van der Waals surface area contributed by atoms with Crippen LogP contribution in [0, 0.1) is 11.6 Å². The molecule has 0 heterocycles. The highest BCUT2D eigenvalue weighted by molar-refractivity contribution is 6.17. The predicted octanol–water partition coefficient (Wildman–Crippen LogP) is 1.87. The van der Waals surface area contributed by atoms with Crippen LogP contribution in [0.25, 0.3) is 0 Å². The lowest BCUT2D eigenvalue weighted by Crippen LogP contribution is -2.51. The van der Waals surface area contributed by atoms with Crippen LogP contribution in [0.5, 0.6) is 0 Å². The molecule has 8 heteroatoms. The van der Waals surface area contributed by atoms with E-state index in [-0.39, 0.29) is 18.5 Å². The van der Waals surface area contributed by atoms with Crippen LogP contribution in [0.3, 0.4) is 0 Å². The number of para-hydroxylation sites is 1. The highest BCUT2D eigenvalue weighted by atomic mass is 19.1. The number of carbonyl (C=O) groups is 3. The molecule has 0 aliphatic rings. The monoisotopic (exact) mass is 389 g/mol. The second kappa shape index (κ2) is 9.18. The van der Waals surface area contributed by atoms with E-state index in [0.717, 1.165) is 21.9 Å². The fraction of sp³-hybridized carbons (Fsp3) is 0.250. The molecular formula is C20H21F2N3O3. The first-order valence-electron chi connectivity index (χ1n) is 8.57. The van der Waals surface area contributed by atoms with Gasteiger partial charge in [-0.25, -0.2) is 13.7 Å². The van der Waals surface area contributed by atoms with Crippen molar-refractivity contribution in [1.82, 2.24) is 4.90 Å². The second-order valence-electron chi connectivity index (χ2n) is 6.24. The maximum absolute atomic E-state index is 13.3. The average molecular weight is 389 g/mol. The number of benzene rings is 2. The van der Waals surface area contributed by atoms with E-state index in [9.17, 15) is 23.2 Å². The summed E-state index contributed by atoms with van der Waals surface area (Å²) in [5, 5.41) is 0. The molecule has 6 nitrogen and oxygen atoms in total. The number of hydrogen-bond donors (Lipinski definition) is 1. The fourth-order valence-electron chi connectivity index (χ4n) is 2.64. The summed E-state index contributed by atoms with van der Waals surface area (Å²) < 4.78 is 26.6. The number of nitrogens with zero attached hydrogens (tertiary/aromatic N) is 2. The molecule has 2 aromatic carbocycles. The van der Waals surface area contributed by atoms with Gasteiger partial charge in [-0.15, -0.1) is 0 Å². The first-order valence-corrected chi connectivity index (χ1v) is 8.57. The third kappa shape index (κ3) is 4.98. The second-order valence-corrected chi connectivity index (χ2v) is 6.24. The van der Waals surface area contributed by atoms with Crippen LogP contribution >= 0.6 is 0 Å². The number of anilines is 1. The molecule has 0 unspecified atom stereocenters. The van der Waals surface area contributed by atoms with Crippen LogP contribution in [0.4, 0.5) is 14.5 Å². The van der Waals surface area contributed by atoms with Gasteiger partial charge in [0.05, 0.1) is 18.7 Å². The highest BCUT2D eigenvalue weighted by Crippen LogP contribution is 2.17. The maximum atomic E-state index is 13.3. The van der Waals surface area contributed by atoms with Crippen LogP contribution < -0.4 is 10.6 Å². The molecule has 0 aromatic heterocycles. The summed E-state index contributed by atoms with van der Waals surface area (Å²) in [6.07, 6.45) is -0.293. The molecule has 0 fully saturated rings. The lowest BCUT2D eigenvalue weighted by molar-refractivity contribution is -0.138. The Morgan fingerprint density at radius 3 is 2.11 bits per heavy atom. The van der Waals surface area contributed by atoms with Crippen molar-refractivity contribution in [2.24, 2.45) is 5.73 Å². The largest absolute Gasteiger partial charge is 0.334 e. The zero-order valence-corrected chi connectivity index (χ0v) is 15.6. The Balaban J connectivity index is 2.19. The SMILES string of the molecule is C[C@@H](C(=O)N(C(=O)CN)c1ccccc1)N(C)C(=O)Cc1cc(F)cc(F)c1. The standard InChI is InChI=1S/C20H21F2N3O3/c1-13(20(28)25(19(27)12-23)17-6-4-3-5-7-17)24(2)18(26)10-14-8-15(21)11-16(22)9-14/h3-9,11,13H,10,12,23H2,1-2H3/t13-/m0/s1. The number of likely N-dealkylation sites (N-methyl/N-ethyl adjacent to an activating group) is 1. The van der Waals surface area contributed by atoms with E-state index in [1.54, 1.807) is 30.3 Å². The average Bonchev–Trinajstić information content (AvgIpc) is 2.66. The third-order valence-corrected chi connectivity index (χ3v) is 4.27. The Morgan fingerprint density at radius 2 is 1.57 bits per heavy atom. The smallest absolute Gasteiger partial charge is 0.256 e. The van der Waals surface area contributed by atoms with Crippen LogP contribution in [0.2, 0.25) is 0 Å². The molecule has 0 bridgehead atoms. The van der Waals surface area contributed by atoms with E-state index in [0.29, 0.717) is 11.8 Å². The van der Waals surface area contributed by atoms with E-state index in [2.05, 4.69) is 0 Å². The van der Waals surface area contributed by atoms with Crippen LogP contribution in [0.15, 0.2) is 48.5 Å². The molecule has 2 aromatic rings. The van der Waals surface area contributed by atoms with E-state index in [4.69, 9.17) is 5.73 Å². The van der Waals surface area contributed by atoms with Crippen molar-refractivity contribution >= 4 is 23.4 Å². The summed E-state index contributed by atoms with van der Waals surface area (Å²) in [7, 11) is 1.39. The van der Waals surface area contributed by atoms with Crippen molar-refractivity contribution < 1.29 is 23.2 Å². The minimum Gasteiger partial charge on any atom is -0.334 e. The molecule has 0 spiro atoms. The molecule has 0 aliphatic heterocycles. The van der Waals surface area contributed by atoms with Gasteiger partial charge in [0.15, 0.2) is 0 Å². The normalized spacial score (nSPS) is 11.6. The number of amides is 3. The van der Waals surface area contributed by atoms with E-state index < -0.39 is 35.4 Å². The Kier molecular flexibility index (Phi) is 6.94. The number of hydrogen-bond acceptors (Lipinski definition) is 4. The molecule has 0 saturated carbocycles. The molecule has 0 aliphatic carbocycles. The summed E-state index contributed by atoms with van der Waals surface area (Å²) in [5.41, 5.74) is 5.90. The zero-order valence-electron chi connectivity index (χ0n) is 15.6. The lowest BCUT2D eigenvalue weighted by Gasteiger charge is -2.29. The predicted molar refractivity (Wildman–Crippen MR) is 100 cm³/mol. The lowest BCUT2D eigenvalue weighted by atomic mass is 10.1. The number of nitrogens with two attached hydrogens (primary N) is 1. The zero-order chi connectivity index (χ0) is 20.8. The Hall–Kier alpha value is -3.13. The summed E-state index contributed by atoms with van der Waals surface area (Å²) in [6, 6.07) is 10.0. The molecule has 148 valence electrons. The molecular weight excluding hydrogens is 368 g/mol. The molecule has 28 heavy (non-hydrogen) atoms. The van der Waals surface area contributed by atoms with Crippen LogP contribution in [-0.2, 0) is 20.8 Å². The number of imide groups is 1. The van der Waals surface area contributed by atoms with Gasteiger partial charge < -0.3 is 10.6 Å². The Bertz CT molecular complexity index is 854. The number of rotatable bonds is 6. The maximum Gasteiger partial charge on any atom is 0.256 e. The Labute approximate surface area is 161 Å². The number of halogens is 2. The van der Waals surface area contributed by atoms with Gasteiger partial charge in [0.25, 0.3) is 5.91 Å². The Morgan fingerprint density at radius 1 is 1.00 bits per heavy atom. The van der Waals surface area contributed by atoms with Gasteiger partial charge >= 0.3 is 0 Å². The molecule has 2 N–H and O–H groups in total. The highest BCUT2D eigenvalue weighted by Gasteiger charge is 2.31. The minimum atomic E-state index is -0.999. The summed E-state index contributed by atoms with van der Waals surface area (Å²) in [5.74, 6) is -3.37. The number of carbonyl (C=O) groups excluding carboxylic acids is 3. The van der Waals surface area contributed by atoms with Gasteiger partial charge in [-0.2, -0.15) is 0 Å². The van der Waals surface area contributed by atoms with Crippen molar-refractivity contribution in [2.75, 3.05) is 18.5 Å². The molecule has 0 saturated heterocycles. The van der Waals surface area contributed by atoms with Crippen molar-refractivity contribution in [3.8, 4) is 0 Å². The first-order chi connectivity index (χ1) is 13.2. The van der Waals surface area contributed by atoms with Gasteiger partial charge in [0, 0.05) is 13.1 Å². The quantitative estimate of drug-likeness (QED) is 0.818. The van der Waals surface area contributed by atoms with Crippen LogP contribution in [0.1, 0.15) is 12.5 Å². The van der Waals surface area contributed by atoms with E-state index >= 15 is 0 Å². The van der Waals surface area contributed by atoms with E-state index in [1.807, 2.05) is 0 Å². The third-order valence-electron chi connectivity index (χ3n) is 4.27. The van der Waals surface area contributed by atoms with Gasteiger partial charge in [0.2, 0.25) is 11.8 Å². The summed E-state index contributed by atoms with van der Waals surface area (Å²) in [6.45, 7) is 1.08. The summed E-state index contributed by atoms with van der Waals surface area (Å²) in [4.78, 5) is 39.6.